The van der Waals surface area contributed by atoms with Gasteiger partial charge in [0, 0.05) is 13.0 Å². The monoisotopic (exact) mass is 180 g/mol. The molecule has 0 unspecified atom stereocenters. The van der Waals surface area contributed by atoms with E-state index in [-0.39, 0.29) is 5.92 Å². The normalized spacial score (nSPS) is 11.6. The summed E-state index contributed by atoms with van der Waals surface area (Å²) in [4.78, 5) is 10.8. The molecule has 0 atom stereocenters. The maximum Gasteiger partial charge on any atom is 0.301 e. The van der Waals surface area contributed by atoms with E-state index in [1.165, 1.54) is 7.05 Å². The van der Waals surface area contributed by atoms with Crippen LogP contribution in [0.3, 0.4) is 0 Å². The molecule has 0 aliphatic carbocycles. The molecule has 0 saturated carbocycles. The van der Waals surface area contributed by atoms with E-state index in [2.05, 4.69) is 0 Å². The van der Waals surface area contributed by atoms with Crippen molar-refractivity contribution in [3.05, 3.63) is 0 Å². The van der Waals surface area contributed by atoms with Gasteiger partial charge in [-0.05, 0) is 0 Å². The van der Waals surface area contributed by atoms with Crippen LogP contribution in [0.4, 0.5) is 0 Å². The third kappa shape index (κ3) is 3.94. The SMILES string of the molecule is CNS(=O)(=O)NC(=O)C(C)C. The first-order valence-electron chi connectivity index (χ1n) is 3.14. The van der Waals surface area contributed by atoms with Crippen LogP contribution in [0.1, 0.15) is 13.8 Å². The summed E-state index contributed by atoms with van der Waals surface area (Å²) in [6, 6.07) is 0. The molecule has 2 N–H and O–H groups in total. The highest BCUT2D eigenvalue weighted by molar-refractivity contribution is 7.88. The Morgan fingerprint density at radius 2 is 1.82 bits per heavy atom. The summed E-state index contributed by atoms with van der Waals surface area (Å²) < 4.78 is 25.1. The number of hydrogen-bond acceptors (Lipinski definition) is 3. The van der Waals surface area contributed by atoms with E-state index in [0.717, 1.165) is 0 Å². The third-order valence-corrected chi connectivity index (χ3v) is 2.04. The van der Waals surface area contributed by atoms with E-state index in [1.807, 2.05) is 9.44 Å². The quantitative estimate of drug-likeness (QED) is 0.598. The van der Waals surface area contributed by atoms with Crippen molar-refractivity contribution >= 4 is 16.1 Å². The Kier molecular flexibility index (Phi) is 3.47. The van der Waals surface area contributed by atoms with Crippen LogP contribution in [0.5, 0.6) is 0 Å². The highest BCUT2D eigenvalue weighted by atomic mass is 32.2. The lowest BCUT2D eigenvalue weighted by atomic mass is 10.2. The van der Waals surface area contributed by atoms with Crippen molar-refractivity contribution in [2.45, 2.75) is 13.8 Å². The van der Waals surface area contributed by atoms with Gasteiger partial charge in [-0.3, -0.25) is 4.79 Å². The maximum absolute atomic E-state index is 10.8. The van der Waals surface area contributed by atoms with Crippen LogP contribution in [0.25, 0.3) is 0 Å². The molecule has 0 aromatic carbocycles. The number of carbonyl (C=O) groups is 1. The summed E-state index contributed by atoms with van der Waals surface area (Å²) in [7, 11) is -2.38. The minimum absolute atomic E-state index is 0.335. The topological polar surface area (TPSA) is 75.3 Å². The summed E-state index contributed by atoms with van der Waals surface area (Å²) in [6.45, 7) is 3.22. The summed E-state index contributed by atoms with van der Waals surface area (Å²) in [5.74, 6) is -0.850. The van der Waals surface area contributed by atoms with E-state index < -0.39 is 16.1 Å². The molecule has 0 saturated heterocycles. The number of hydrogen-bond donors (Lipinski definition) is 2. The minimum Gasteiger partial charge on any atom is -0.274 e. The van der Waals surface area contributed by atoms with Crippen molar-refractivity contribution in [2.24, 2.45) is 5.92 Å². The van der Waals surface area contributed by atoms with Gasteiger partial charge in [0.2, 0.25) is 5.91 Å². The second-order valence-corrected chi connectivity index (χ2v) is 3.95. The second-order valence-electron chi connectivity index (χ2n) is 2.33. The highest BCUT2D eigenvalue weighted by Crippen LogP contribution is 1.91. The zero-order valence-electron chi connectivity index (χ0n) is 6.71. The Morgan fingerprint density at radius 3 is 2.09 bits per heavy atom. The molecule has 0 heterocycles. The van der Waals surface area contributed by atoms with Gasteiger partial charge in [0.05, 0.1) is 0 Å². The fraction of sp³-hybridized carbons (Fsp3) is 0.800. The summed E-state index contributed by atoms with van der Waals surface area (Å²) >= 11 is 0. The van der Waals surface area contributed by atoms with Gasteiger partial charge in [0.1, 0.15) is 0 Å². The van der Waals surface area contributed by atoms with E-state index in [0.29, 0.717) is 0 Å². The number of rotatable bonds is 3. The Labute approximate surface area is 66.4 Å². The largest absolute Gasteiger partial charge is 0.301 e. The van der Waals surface area contributed by atoms with Gasteiger partial charge < -0.3 is 0 Å². The standard InChI is InChI=1S/C5H12N2O3S/c1-4(2)5(8)7-11(9,10)6-3/h4,6H,1-3H3,(H,7,8). The lowest BCUT2D eigenvalue weighted by molar-refractivity contribution is -0.122. The molecule has 0 aliphatic heterocycles. The van der Waals surface area contributed by atoms with E-state index >= 15 is 0 Å². The van der Waals surface area contributed by atoms with Crippen molar-refractivity contribution < 1.29 is 13.2 Å². The molecular formula is C5H12N2O3S. The van der Waals surface area contributed by atoms with E-state index in [1.54, 1.807) is 13.8 Å². The van der Waals surface area contributed by atoms with E-state index in [4.69, 9.17) is 0 Å². The van der Waals surface area contributed by atoms with Gasteiger partial charge in [0.25, 0.3) is 0 Å². The fourth-order valence-corrected chi connectivity index (χ4v) is 0.904. The fourth-order valence-electron chi connectivity index (χ4n) is 0.301. The molecule has 0 aromatic heterocycles. The van der Waals surface area contributed by atoms with Crippen molar-refractivity contribution in [1.82, 2.24) is 9.44 Å². The Bertz CT molecular complexity index is 232. The van der Waals surface area contributed by atoms with Crippen LogP contribution >= 0.6 is 0 Å². The molecule has 0 fully saturated rings. The molecule has 0 spiro atoms. The van der Waals surface area contributed by atoms with Crippen molar-refractivity contribution in [2.75, 3.05) is 7.05 Å². The molecule has 66 valence electrons. The molecule has 1 amide bonds. The zero-order chi connectivity index (χ0) is 9.07. The summed E-state index contributed by atoms with van der Waals surface area (Å²) in [5, 5.41) is 0. The number of amides is 1. The smallest absolute Gasteiger partial charge is 0.274 e. The molecule has 11 heavy (non-hydrogen) atoms. The van der Waals surface area contributed by atoms with Crippen molar-refractivity contribution in [3.8, 4) is 0 Å². The Balaban J connectivity index is 4.17. The van der Waals surface area contributed by atoms with E-state index in [9.17, 15) is 13.2 Å². The Morgan fingerprint density at radius 1 is 1.36 bits per heavy atom. The predicted octanol–water partition coefficient (Wildman–Crippen LogP) is -0.777. The maximum atomic E-state index is 10.8. The molecule has 0 aliphatic rings. The number of nitrogens with one attached hydrogen (secondary N) is 2. The summed E-state index contributed by atoms with van der Waals surface area (Å²) in [5.41, 5.74) is 0. The average Bonchev–Trinajstić information content (AvgIpc) is 1.87. The van der Waals surface area contributed by atoms with Crippen molar-refractivity contribution in [3.63, 3.8) is 0 Å². The highest BCUT2D eigenvalue weighted by Gasteiger charge is 2.13. The van der Waals surface area contributed by atoms with Crippen LogP contribution < -0.4 is 9.44 Å². The molecule has 0 aromatic rings. The Hall–Kier alpha value is -0.620. The second kappa shape index (κ2) is 3.68. The predicted molar refractivity (Wildman–Crippen MR) is 41.0 cm³/mol. The van der Waals surface area contributed by atoms with Gasteiger partial charge in [-0.15, -0.1) is 0 Å². The van der Waals surface area contributed by atoms with Gasteiger partial charge in [-0.25, -0.2) is 9.44 Å². The van der Waals surface area contributed by atoms with Gasteiger partial charge in [-0.1, -0.05) is 13.8 Å². The first-order chi connectivity index (χ1) is 4.89. The van der Waals surface area contributed by atoms with Crippen LogP contribution in [-0.4, -0.2) is 21.4 Å². The third-order valence-electron chi connectivity index (χ3n) is 1.03. The first kappa shape index (κ1) is 10.4. The molecular weight excluding hydrogens is 168 g/mol. The molecule has 0 bridgehead atoms. The molecule has 0 radical (unpaired) electrons. The van der Waals surface area contributed by atoms with Gasteiger partial charge in [-0.2, -0.15) is 8.42 Å². The van der Waals surface area contributed by atoms with Crippen LogP contribution in [0.2, 0.25) is 0 Å². The lowest BCUT2D eigenvalue weighted by Gasteiger charge is -2.06. The average molecular weight is 180 g/mol. The van der Waals surface area contributed by atoms with Crippen LogP contribution in [0, 0.1) is 5.92 Å². The van der Waals surface area contributed by atoms with Crippen LogP contribution in [0.15, 0.2) is 0 Å². The molecule has 0 rings (SSSR count). The summed E-state index contributed by atoms with van der Waals surface area (Å²) in [6.07, 6.45) is 0. The first-order valence-corrected chi connectivity index (χ1v) is 4.62. The zero-order valence-corrected chi connectivity index (χ0v) is 7.53. The van der Waals surface area contributed by atoms with Gasteiger partial charge in [0.15, 0.2) is 0 Å². The minimum atomic E-state index is -3.61. The molecule has 6 heteroatoms. The number of carbonyl (C=O) groups excluding carboxylic acids is 1. The molecule has 5 nitrogen and oxygen atoms in total. The van der Waals surface area contributed by atoms with Gasteiger partial charge >= 0.3 is 10.2 Å². The van der Waals surface area contributed by atoms with Crippen molar-refractivity contribution in [1.29, 1.82) is 0 Å². The van der Waals surface area contributed by atoms with Crippen LogP contribution in [-0.2, 0) is 15.0 Å². The lowest BCUT2D eigenvalue weighted by Crippen LogP contribution is -2.40.